The molecule has 0 spiro atoms. The number of rotatable bonds is 2. The predicted octanol–water partition coefficient (Wildman–Crippen LogP) is 2.12. The van der Waals surface area contributed by atoms with Crippen LogP contribution < -0.4 is 10.9 Å². The highest BCUT2D eigenvalue weighted by Crippen LogP contribution is 2.36. The van der Waals surface area contributed by atoms with Crippen LogP contribution in [0.4, 0.5) is 10.2 Å². The first kappa shape index (κ1) is 14.8. The Bertz CT molecular complexity index is 819. The summed E-state index contributed by atoms with van der Waals surface area (Å²) in [5.41, 5.74) is 0.255. The van der Waals surface area contributed by atoms with Crippen molar-refractivity contribution in [3.05, 3.63) is 51.6 Å². The summed E-state index contributed by atoms with van der Waals surface area (Å²) in [6, 6.07) is 6.20. The molecule has 0 aliphatic carbocycles. The van der Waals surface area contributed by atoms with Crippen LogP contribution in [0.25, 0.3) is 0 Å². The highest BCUT2D eigenvalue weighted by atomic mass is 32.2. The van der Waals surface area contributed by atoms with Gasteiger partial charge in [-0.25, -0.2) is 4.39 Å². The van der Waals surface area contributed by atoms with Crippen LogP contribution >= 0.6 is 11.8 Å². The number of nitrogens with one attached hydrogen (secondary N) is 1. The fourth-order valence-electron chi connectivity index (χ4n) is 2.74. The predicted molar refractivity (Wildman–Crippen MR) is 82.7 cm³/mol. The monoisotopic (exact) mass is 319 g/mol. The Balaban J connectivity index is 2.27. The largest absolute Gasteiger partial charge is 0.312 e. The van der Waals surface area contributed by atoms with Crippen molar-refractivity contribution in [3.8, 4) is 0 Å². The Hall–Kier alpha value is -2.15. The van der Waals surface area contributed by atoms with Crippen molar-refractivity contribution in [2.45, 2.75) is 17.5 Å². The molecule has 0 saturated heterocycles. The molecule has 22 heavy (non-hydrogen) atoms. The minimum Gasteiger partial charge on any atom is -0.312 e. The van der Waals surface area contributed by atoms with E-state index in [1.165, 1.54) is 17.8 Å². The molecule has 1 aromatic carbocycles. The van der Waals surface area contributed by atoms with Gasteiger partial charge in [0.25, 0.3) is 5.56 Å². The molecule has 0 fully saturated rings. The summed E-state index contributed by atoms with van der Waals surface area (Å²) >= 11 is 1.31. The number of aromatic nitrogens is 2. The zero-order valence-electron chi connectivity index (χ0n) is 12.1. The van der Waals surface area contributed by atoms with E-state index in [2.05, 4.69) is 10.3 Å². The summed E-state index contributed by atoms with van der Waals surface area (Å²) in [6.07, 6.45) is 1.83. The van der Waals surface area contributed by atoms with E-state index in [1.807, 2.05) is 0 Å². The summed E-state index contributed by atoms with van der Waals surface area (Å²) in [5.74, 6) is -0.890. The normalized spacial score (nSPS) is 17.0. The maximum absolute atomic E-state index is 14.1. The number of fused-ring (bicyclic) bond motifs is 1. The molecular formula is C15H14FN3O2S. The third-order valence-corrected chi connectivity index (χ3v) is 4.49. The number of halogens is 1. The van der Waals surface area contributed by atoms with Crippen LogP contribution in [-0.4, -0.2) is 21.7 Å². The molecule has 1 aliphatic rings. The van der Waals surface area contributed by atoms with Gasteiger partial charge in [0.05, 0.1) is 5.56 Å². The number of thioether (sulfide) groups is 1. The lowest BCUT2D eigenvalue weighted by atomic mass is 9.86. The van der Waals surface area contributed by atoms with E-state index in [9.17, 15) is 14.0 Å². The third kappa shape index (κ3) is 2.31. The average Bonchev–Trinajstić information content (AvgIpc) is 2.50. The molecule has 1 atom stereocenters. The molecule has 3 rings (SSSR count). The summed E-state index contributed by atoms with van der Waals surface area (Å²) in [7, 11) is 1.72. The van der Waals surface area contributed by atoms with Crippen LogP contribution in [0.2, 0.25) is 0 Å². The number of carbonyl (C=O) groups excluding carboxylic acids is 1. The van der Waals surface area contributed by atoms with Gasteiger partial charge in [-0.15, -0.1) is 0 Å². The van der Waals surface area contributed by atoms with E-state index in [1.54, 1.807) is 36.1 Å². The Morgan fingerprint density at radius 3 is 2.77 bits per heavy atom. The number of nitrogens with zero attached hydrogens (tertiary/aromatic N) is 2. The molecule has 1 aromatic heterocycles. The first-order valence-corrected chi connectivity index (χ1v) is 7.94. The average molecular weight is 319 g/mol. The van der Waals surface area contributed by atoms with E-state index in [0.717, 1.165) is 0 Å². The van der Waals surface area contributed by atoms with Crippen molar-refractivity contribution in [2.24, 2.45) is 7.05 Å². The smallest absolute Gasteiger partial charge is 0.279 e. The van der Waals surface area contributed by atoms with Gasteiger partial charge in [0, 0.05) is 19.4 Å². The molecule has 2 heterocycles. The second-order valence-electron chi connectivity index (χ2n) is 5.05. The van der Waals surface area contributed by atoms with Gasteiger partial charge in [0.15, 0.2) is 5.16 Å². The Labute approximate surface area is 130 Å². The number of amides is 1. The lowest BCUT2D eigenvalue weighted by Gasteiger charge is -2.27. The highest BCUT2D eigenvalue weighted by molar-refractivity contribution is 7.98. The Morgan fingerprint density at radius 1 is 1.36 bits per heavy atom. The quantitative estimate of drug-likeness (QED) is 0.680. The van der Waals surface area contributed by atoms with Crippen LogP contribution in [-0.2, 0) is 11.8 Å². The molecule has 0 saturated carbocycles. The zero-order chi connectivity index (χ0) is 15.9. The van der Waals surface area contributed by atoms with Crippen LogP contribution in [0.15, 0.2) is 34.2 Å². The van der Waals surface area contributed by atoms with Gasteiger partial charge in [-0.3, -0.25) is 9.59 Å². The van der Waals surface area contributed by atoms with Crippen molar-refractivity contribution in [3.63, 3.8) is 0 Å². The van der Waals surface area contributed by atoms with Crippen molar-refractivity contribution < 1.29 is 9.18 Å². The van der Waals surface area contributed by atoms with E-state index in [4.69, 9.17) is 0 Å². The standard InChI is InChI=1S/C15H14FN3O2S/c1-19-13-12(14(21)18-15(19)22-2)9(7-11(20)17-13)8-5-3-4-6-10(8)16/h3-6,9H,7H2,1-2H3,(H,17,20)/t9-/m1/s1. The second kappa shape index (κ2) is 5.57. The molecule has 2 aromatic rings. The molecule has 0 radical (unpaired) electrons. The number of benzene rings is 1. The number of carbonyl (C=O) groups is 1. The van der Waals surface area contributed by atoms with Gasteiger partial charge in [-0.1, -0.05) is 30.0 Å². The van der Waals surface area contributed by atoms with Crippen molar-refractivity contribution in [1.29, 1.82) is 0 Å². The SMILES string of the molecule is CSc1nc(=O)c2c(n1C)NC(=O)C[C@@H]2c1ccccc1F. The molecule has 114 valence electrons. The first-order valence-electron chi connectivity index (χ1n) is 6.72. The lowest BCUT2D eigenvalue weighted by Crippen LogP contribution is -2.33. The number of anilines is 1. The van der Waals surface area contributed by atoms with Crippen LogP contribution in [0, 0.1) is 5.82 Å². The topological polar surface area (TPSA) is 64.0 Å². The van der Waals surface area contributed by atoms with Crippen molar-refractivity contribution in [2.75, 3.05) is 11.6 Å². The lowest BCUT2D eigenvalue weighted by molar-refractivity contribution is -0.116. The van der Waals surface area contributed by atoms with Crippen LogP contribution in [0.1, 0.15) is 23.5 Å². The summed E-state index contributed by atoms with van der Waals surface area (Å²) in [4.78, 5) is 28.4. The molecular weight excluding hydrogens is 305 g/mol. The molecule has 0 unspecified atom stereocenters. The minimum absolute atomic E-state index is 0.0312. The third-order valence-electron chi connectivity index (χ3n) is 3.76. The number of hydrogen-bond donors (Lipinski definition) is 1. The summed E-state index contributed by atoms with van der Waals surface area (Å²) in [5, 5.41) is 3.21. The van der Waals surface area contributed by atoms with Gasteiger partial charge >= 0.3 is 0 Å². The van der Waals surface area contributed by atoms with Crippen LogP contribution in [0.5, 0.6) is 0 Å². The first-order chi connectivity index (χ1) is 10.5. The van der Waals surface area contributed by atoms with Crippen molar-refractivity contribution >= 4 is 23.5 Å². The Kier molecular flexibility index (Phi) is 3.74. The van der Waals surface area contributed by atoms with Crippen LogP contribution in [0.3, 0.4) is 0 Å². The maximum atomic E-state index is 14.1. The van der Waals surface area contributed by atoms with Gasteiger partial charge in [-0.2, -0.15) is 4.98 Å². The van der Waals surface area contributed by atoms with Gasteiger partial charge < -0.3 is 9.88 Å². The molecule has 7 heteroatoms. The van der Waals surface area contributed by atoms with Gasteiger partial charge in [-0.05, 0) is 17.9 Å². The maximum Gasteiger partial charge on any atom is 0.279 e. The summed E-state index contributed by atoms with van der Waals surface area (Å²) in [6.45, 7) is 0. The second-order valence-corrected chi connectivity index (χ2v) is 5.82. The number of hydrogen-bond acceptors (Lipinski definition) is 4. The molecule has 1 N–H and O–H groups in total. The molecule has 0 bridgehead atoms. The highest BCUT2D eigenvalue weighted by Gasteiger charge is 2.33. The molecule has 1 aliphatic heterocycles. The fraction of sp³-hybridized carbons (Fsp3) is 0.267. The summed E-state index contributed by atoms with van der Waals surface area (Å²) < 4.78 is 15.8. The van der Waals surface area contributed by atoms with E-state index >= 15 is 0 Å². The van der Waals surface area contributed by atoms with E-state index in [0.29, 0.717) is 22.1 Å². The molecule has 1 amide bonds. The van der Waals surface area contributed by atoms with Crippen molar-refractivity contribution in [1.82, 2.24) is 9.55 Å². The minimum atomic E-state index is -0.618. The van der Waals surface area contributed by atoms with E-state index in [-0.39, 0.29) is 12.3 Å². The Morgan fingerprint density at radius 2 is 2.09 bits per heavy atom. The molecule has 5 nitrogen and oxygen atoms in total. The van der Waals surface area contributed by atoms with Gasteiger partial charge in [0.1, 0.15) is 11.6 Å². The fourth-order valence-corrected chi connectivity index (χ4v) is 3.28. The zero-order valence-corrected chi connectivity index (χ0v) is 12.9. The van der Waals surface area contributed by atoms with E-state index < -0.39 is 17.3 Å². The van der Waals surface area contributed by atoms with Gasteiger partial charge in [0.2, 0.25) is 5.91 Å².